The molecular weight excluding hydrogens is 342 g/mol. The summed E-state index contributed by atoms with van der Waals surface area (Å²) in [4.78, 5) is 19.8. The zero-order valence-electron chi connectivity index (χ0n) is 11.3. The Balaban J connectivity index is 2.31. The molecule has 0 spiro atoms. The molecule has 0 radical (unpaired) electrons. The van der Waals surface area contributed by atoms with Gasteiger partial charge in [-0.3, -0.25) is 0 Å². The maximum atomic E-state index is 11.2. The number of aromatic carboxylic acids is 1. The molecule has 7 heteroatoms. The van der Waals surface area contributed by atoms with E-state index < -0.39 is 5.97 Å². The topological polar surface area (TPSA) is 75.1 Å². The Bertz CT molecular complexity index is 649. The van der Waals surface area contributed by atoms with E-state index >= 15 is 0 Å². The van der Waals surface area contributed by atoms with E-state index in [1.807, 2.05) is 5.38 Å². The summed E-state index contributed by atoms with van der Waals surface area (Å²) < 4.78 is 0.620. The van der Waals surface area contributed by atoms with E-state index in [0.29, 0.717) is 9.60 Å². The molecule has 0 fully saturated rings. The molecule has 0 atom stereocenters. The second-order valence-electron chi connectivity index (χ2n) is 5.27. The van der Waals surface area contributed by atoms with Crippen molar-refractivity contribution in [2.45, 2.75) is 26.2 Å². The highest BCUT2D eigenvalue weighted by Crippen LogP contribution is 2.29. The van der Waals surface area contributed by atoms with Gasteiger partial charge in [0.2, 0.25) is 0 Å². The van der Waals surface area contributed by atoms with Gasteiger partial charge >= 0.3 is 5.97 Å². The summed E-state index contributed by atoms with van der Waals surface area (Å²) in [6, 6.07) is 1.51. The van der Waals surface area contributed by atoms with Crippen LogP contribution in [0, 0.1) is 0 Å². The van der Waals surface area contributed by atoms with Crippen molar-refractivity contribution >= 4 is 44.2 Å². The van der Waals surface area contributed by atoms with Crippen LogP contribution in [0.2, 0.25) is 0 Å². The average molecular weight is 356 g/mol. The molecule has 5 nitrogen and oxygen atoms in total. The predicted octanol–water partition coefficient (Wildman–Crippen LogP) is 4.04. The highest BCUT2D eigenvalue weighted by molar-refractivity contribution is 9.10. The SMILES string of the molecule is CC(C)(C)c1csc(Nc2ncc(Br)cc2C(=O)O)n1. The molecule has 2 aromatic rings. The highest BCUT2D eigenvalue weighted by Gasteiger charge is 2.19. The summed E-state index contributed by atoms with van der Waals surface area (Å²) in [5.41, 5.74) is 1.02. The maximum absolute atomic E-state index is 11.2. The number of anilines is 2. The molecule has 2 N–H and O–H groups in total. The number of carboxylic acid groups (broad SMARTS) is 1. The number of hydrogen-bond acceptors (Lipinski definition) is 5. The number of nitrogens with zero attached hydrogens (tertiary/aromatic N) is 2. The normalized spacial score (nSPS) is 11.4. The van der Waals surface area contributed by atoms with Crippen LogP contribution in [0.4, 0.5) is 10.9 Å². The molecule has 0 aliphatic heterocycles. The van der Waals surface area contributed by atoms with Gasteiger partial charge in [-0.1, -0.05) is 20.8 Å². The monoisotopic (exact) mass is 355 g/mol. The lowest BCUT2D eigenvalue weighted by atomic mass is 9.93. The zero-order valence-corrected chi connectivity index (χ0v) is 13.7. The third-order valence-electron chi connectivity index (χ3n) is 2.58. The second-order valence-corrected chi connectivity index (χ2v) is 7.04. The zero-order chi connectivity index (χ0) is 14.9. The lowest BCUT2D eigenvalue weighted by Gasteiger charge is -2.14. The molecule has 2 rings (SSSR count). The summed E-state index contributed by atoms with van der Waals surface area (Å²) in [7, 11) is 0. The molecule has 2 heterocycles. The summed E-state index contributed by atoms with van der Waals surface area (Å²) in [5.74, 6) is -0.746. The summed E-state index contributed by atoms with van der Waals surface area (Å²) in [6.45, 7) is 6.23. The van der Waals surface area contributed by atoms with Gasteiger partial charge < -0.3 is 10.4 Å². The van der Waals surface area contributed by atoms with Gasteiger partial charge in [-0.2, -0.15) is 0 Å². The van der Waals surface area contributed by atoms with Crippen molar-refractivity contribution in [3.8, 4) is 0 Å². The van der Waals surface area contributed by atoms with Gasteiger partial charge in [0.05, 0.1) is 5.69 Å². The van der Waals surface area contributed by atoms with E-state index in [1.165, 1.54) is 17.4 Å². The first-order valence-corrected chi connectivity index (χ1v) is 7.56. The molecule has 20 heavy (non-hydrogen) atoms. The molecule has 0 saturated carbocycles. The minimum atomic E-state index is -1.03. The molecule has 0 bridgehead atoms. The average Bonchev–Trinajstić information content (AvgIpc) is 2.79. The van der Waals surface area contributed by atoms with Crippen molar-refractivity contribution in [3.63, 3.8) is 0 Å². The fraction of sp³-hybridized carbons (Fsp3) is 0.308. The van der Waals surface area contributed by atoms with Gasteiger partial charge in [-0.25, -0.2) is 14.8 Å². The molecule has 2 aromatic heterocycles. The predicted molar refractivity (Wildman–Crippen MR) is 83.0 cm³/mol. The number of carboxylic acids is 1. The Labute approximate surface area is 129 Å². The van der Waals surface area contributed by atoms with Crippen LogP contribution in [0.15, 0.2) is 22.1 Å². The number of halogens is 1. The number of aromatic nitrogens is 2. The van der Waals surface area contributed by atoms with Crippen molar-refractivity contribution in [2.75, 3.05) is 5.32 Å². The van der Waals surface area contributed by atoms with Crippen LogP contribution < -0.4 is 5.32 Å². The first kappa shape index (κ1) is 14.9. The van der Waals surface area contributed by atoms with Crippen molar-refractivity contribution in [3.05, 3.63) is 33.4 Å². The molecule has 106 valence electrons. The Morgan fingerprint density at radius 2 is 2.15 bits per heavy atom. The Hall–Kier alpha value is -1.47. The van der Waals surface area contributed by atoms with Gasteiger partial charge in [0.1, 0.15) is 11.4 Å². The van der Waals surface area contributed by atoms with Crippen molar-refractivity contribution in [1.82, 2.24) is 9.97 Å². The fourth-order valence-corrected chi connectivity index (χ4v) is 2.75. The molecule has 0 unspecified atom stereocenters. The molecule has 0 saturated heterocycles. The van der Waals surface area contributed by atoms with E-state index in [9.17, 15) is 9.90 Å². The number of hydrogen-bond donors (Lipinski definition) is 2. The van der Waals surface area contributed by atoms with Gasteiger partial charge in [-0.05, 0) is 22.0 Å². The maximum Gasteiger partial charge on any atom is 0.339 e. The molecular formula is C13H14BrN3O2S. The lowest BCUT2D eigenvalue weighted by Crippen LogP contribution is -2.11. The van der Waals surface area contributed by atoms with Crippen molar-refractivity contribution < 1.29 is 9.90 Å². The van der Waals surface area contributed by atoms with Gasteiger partial charge in [0.25, 0.3) is 0 Å². The fourth-order valence-electron chi connectivity index (χ4n) is 1.48. The number of rotatable bonds is 3. The van der Waals surface area contributed by atoms with Crippen molar-refractivity contribution in [2.24, 2.45) is 0 Å². The number of pyridine rings is 1. The minimum absolute atomic E-state index is 0.0425. The van der Waals surface area contributed by atoms with Crippen LogP contribution >= 0.6 is 27.3 Å². The van der Waals surface area contributed by atoms with Gasteiger partial charge in [0, 0.05) is 21.5 Å². The van der Waals surface area contributed by atoms with Gasteiger partial charge in [-0.15, -0.1) is 11.3 Å². The van der Waals surface area contributed by atoms with E-state index in [0.717, 1.165) is 5.69 Å². The summed E-state index contributed by atoms with van der Waals surface area (Å²) in [6.07, 6.45) is 1.55. The van der Waals surface area contributed by atoms with Crippen LogP contribution in [-0.4, -0.2) is 21.0 Å². The van der Waals surface area contributed by atoms with Crippen LogP contribution in [0.25, 0.3) is 0 Å². The Kier molecular flexibility index (Phi) is 4.10. The van der Waals surface area contributed by atoms with Gasteiger partial charge in [0.15, 0.2) is 5.13 Å². The Morgan fingerprint density at radius 1 is 1.45 bits per heavy atom. The van der Waals surface area contributed by atoms with E-state index in [-0.39, 0.29) is 16.8 Å². The van der Waals surface area contributed by atoms with Crippen LogP contribution in [0.3, 0.4) is 0 Å². The minimum Gasteiger partial charge on any atom is -0.478 e. The van der Waals surface area contributed by atoms with E-state index in [2.05, 4.69) is 52.0 Å². The number of carbonyl (C=O) groups is 1. The lowest BCUT2D eigenvalue weighted by molar-refractivity contribution is 0.0697. The van der Waals surface area contributed by atoms with Crippen LogP contribution in [0.1, 0.15) is 36.8 Å². The second kappa shape index (κ2) is 5.49. The van der Waals surface area contributed by atoms with Crippen LogP contribution in [-0.2, 0) is 5.41 Å². The first-order chi connectivity index (χ1) is 9.27. The number of nitrogens with one attached hydrogen (secondary N) is 1. The van der Waals surface area contributed by atoms with E-state index in [1.54, 1.807) is 6.20 Å². The molecule has 0 aromatic carbocycles. The molecule has 0 aliphatic carbocycles. The summed E-state index contributed by atoms with van der Waals surface area (Å²) in [5, 5.41) is 14.7. The number of thiazole rings is 1. The largest absolute Gasteiger partial charge is 0.478 e. The molecule has 0 aliphatic rings. The summed E-state index contributed by atoms with van der Waals surface area (Å²) >= 11 is 4.64. The standard InChI is InChI=1S/C13H14BrN3O2S/c1-13(2,3)9-6-20-12(16-9)17-10-8(11(18)19)4-7(14)5-15-10/h4-6H,1-3H3,(H,18,19)(H,15,16,17). The van der Waals surface area contributed by atoms with Crippen molar-refractivity contribution in [1.29, 1.82) is 0 Å². The third-order valence-corrected chi connectivity index (χ3v) is 3.77. The quantitative estimate of drug-likeness (QED) is 0.868. The smallest absolute Gasteiger partial charge is 0.339 e. The molecule has 0 amide bonds. The first-order valence-electron chi connectivity index (χ1n) is 5.89. The van der Waals surface area contributed by atoms with Crippen LogP contribution in [0.5, 0.6) is 0 Å². The third kappa shape index (κ3) is 3.34. The Morgan fingerprint density at radius 3 is 2.70 bits per heavy atom. The van der Waals surface area contributed by atoms with E-state index in [4.69, 9.17) is 0 Å². The highest BCUT2D eigenvalue weighted by atomic mass is 79.9.